The van der Waals surface area contributed by atoms with Crippen LogP contribution < -0.4 is 5.73 Å². The van der Waals surface area contributed by atoms with Gasteiger partial charge in [-0.2, -0.15) is 0 Å². The van der Waals surface area contributed by atoms with Crippen LogP contribution in [-0.2, 0) is 6.42 Å². The molecule has 1 atom stereocenters. The van der Waals surface area contributed by atoms with Crippen molar-refractivity contribution < 1.29 is 9.90 Å². The summed E-state index contributed by atoms with van der Waals surface area (Å²) in [4.78, 5) is 11.0. The van der Waals surface area contributed by atoms with Gasteiger partial charge in [-0.15, -0.1) is 0 Å². The van der Waals surface area contributed by atoms with Crippen LogP contribution in [0.5, 0.6) is 0 Å². The molecular formula is C10H10BrNO2. The Hall–Kier alpha value is -0.870. The number of carboxylic acids is 1. The van der Waals surface area contributed by atoms with E-state index in [1.807, 2.05) is 6.07 Å². The summed E-state index contributed by atoms with van der Waals surface area (Å²) in [5.74, 6) is -0.903. The van der Waals surface area contributed by atoms with E-state index in [1.165, 1.54) is 0 Å². The van der Waals surface area contributed by atoms with Gasteiger partial charge in [0.15, 0.2) is 0 Å². The van der Waals surface area contributed by atoms with Crippen LogP contribution in [0.3, 0.4) is 0 Å². The number of nitrogens with two attached hydrogens (primary N) is 1. The molecule has 74 valence electrons. The van der Waals surface area contributed by atoms with Gasteiger partial charge in [0.2, 0.25) is 0 Å². The van der Waals surface area contributed by atoms with Crippen molar-refractivity contribution in [2.45, 2.75) is 18.9 Å². The number of rotatable bonds is 1. The molecule has 14 heavy (non-hydrogen) atoms. The van der Waals surface area contributed by atoms with E-state index in [1.54, 1.807) is 6.07 Å². The van der Waals surface area contributed by atoms with Gasteiger partial charge in [0.1, 0.15) is 0 Å². The van der Waals surface area contributed by atoms with E-state index >= 15 is 0 Å². The third-order valence-electron chi connectivity index (χ3n) is 2.56. The summed E-state index contributed by atoms with van der Waals surface area (Å²) in [7, 11) is 0. The average Bonchev–Trinajstić information content (AvgIpc) is 2.46. The topological polar surface area (TPSA) is 63.3 Å². The van der Waals surface area contributed by atoms with Crippen molar-refractivity contribution in [2.75, 3.05) is 0 Å². The molecule has 1 aliphatic rings. The molecule has 0 saturated carbocycles. The average molecular weight is 256 g/mol. The smallest absolute Gasteiger partial charge is 0.336 e. The molecule has 0 bridgehead atoms. The summed E-state index contributed by atoms with van der Waals surface area (Å²) in [6.45, 7) is 0. The lowest BCUT2D eigenvalue weighted by molar-refractivity contribution is 0.0695. The fourth-order valence-corrected chi connectivity index (χ4v) is 2.46. The van der Waals surface area contributed by atoms with Crippen LogP contribution >= 0.6 is 15.9 Å². The minimum atomic E-state index is -0.903. The Morgan fingerprint density at radius 3 is 2.93 bits per heavy atom. The molecule has 3 nitrogen and oxygen atoms in total. The molecule has 0 heterocycles. The molecular weight excluding hydrogens is 246 g/mol. The second-order valence-electron chi connectivity index (χ2n) is 3.48. The van der Waals surface area contributed by atoms with Crippen molar-refractivity contribution in [1.29, 1.82) is 0 Å². The third kappa shape index (κ3) is 1.44. The summed E-state index contributed by atoms with van der Waals surface area (Å²) in [5, 5.41) is 9.01. The first-order valence-electron chi connectivity index (χ1n) is 4.41. The van der Waals surface area contributed by atoms with Gasteiger partial charge < -0.3 is 10.8 Å². The van der Waals surface area contributed by atoms with Gasteiger partial charge in [-0.05, 0) is 36.1 Å². The van der Waals surface area contributed by atoms with Crippen molar-refractivity contribution in [3.63, 3.8) is 0 Å². The van der Waals surface area contributed by atoms with Gasteiger partial charge in [0.05, 0.1) is 5.56 Å². The highest BCUT2D eigenvalue weighted by Gasteiger charge is 2.25. The molecule has 1 aromatic rings. The first-order valence-corrected chi connectivity index (χ1v) is 5.20. The molecule has 4 heteroatoms. The first kappa shape index (κ1) is 9.68. The monoisotopic (exact) mass is 255 g/mol. The number of aromatic carboxylic acids is 1. The van der Waals surface area contributed by atoms with E-state index in [9.17, 15) is 4.79 Å². The van der Waals surface area contributed by atoms with Crippen LogP contribution in [0.1, 0.15) is 33.9 Å². The van der Waals surface area contributed by atoms with E-state index in [2.05, 4.69) is 15.9 Å². The second-order valence-corrected chi connectivity index (χ2v) is 4.39. The minimum absolute atomic E-state index is 0.121. The zero-order chi connectivity index (χ0) is 10.3. The molecule has 0 unspecified atom stereocenters. The Morgan fingerprint density at radius 2 is 2.29 bits per heavy atom. The Bertz CT molecular complexity index is 403. The van der Waals surface area contributed by atoms with E-state index < -0.39 is 5.97 Å². The lowest BCUT2D eigenvalue weighted by Crippen LogP contribution is -2.11. The molecule has 2 rings (SSSR count). The highest BCUT2D eigenvalue weighted by atomic mass is 79.9. The van der Waals surface area contributed by atoms with Crippen LogP contribution in [0, 0.1) is 0 Å². The van der Waals surface area contributed by atoms with E-state index in [-0.39, 0.29) is 6.04 Å². The molecule has 3 N–H and O–H groups in total. The number of fused-ring (bicyclic) bond motifs is 1. The second kappa shape index (κ2) is 3.37. The predicted octanol–water partition coefficient (Wildman–Crippen LogP) is 2.09. The molecule has 0 saturated heterocycles. The lowest BCUT2D eigenvalue weighted by atomic mass is 10.0. The van der Waals surface area contributed by atoms with Crippen molar-refractivity contribution >= 4 is 21.9 Å². The highest BCUT2D eigenvalue weighted by molar-refractivity contribution is 9.10. The van der Waals surface area contributed by atoms with E-state index in [0.29, 0.717) is 5.56 Å². The minimum Gasteiger partial charge on any atom is -0.478 e. The summed E-state index contributed by atoms with van der Waals surface area (Å²) in [5.41, 5.74) is 8.05. The number of aryl methyl sites for hydroxylation is 1. The van der Waals surface area contributed by atoms with Gasteiger partial charge in [0.25, 0.3) is 0 Å². The Morgan fingerprint density at radius 1 is 1.57 bits per heavy atom. The molecule has 0 radical (unpaired) electrons. The fourth-order valence-electron chi connectivity index (χ4n) is 1.95. The van der Waals surface area contributed by atoms with Crippen LogP contribution in [0.2, 0.25) is 0 Å². The normalized spacial score (nSPS) is 19.4. The predicted molar refractivity (Wildman–Crippen MR) is 56.4 cm³/mol. The number of hydrogen-bond donors (Lipinski definition) is 2. The number of carbonyl (C=O) groups is 1. The molecule has 0 amide bonds. The quantitative estimate of drug-likeness (QED) is 0.808. The summed E-state index contributed by atoms with van der Waals surface area (Å²) in [6, 6.07) is 3.45. The van der Waals surface area contributed by atoms with Crippen molar-refractivity contribution in [1.82, 2.24) is 0 Å². The Kier molecular flexibility index (Phi) is 2.33. The van der Waals surface area contributed by atoms with Crippen molar-refractivity contribution in [3.8, 4) is 0 Å². The zero-order valence-electron chi connectivity index (χ0n) is 7.46. The third-order valence-corrected chi connectivity index (χ3v) is 3.01. The standard InChI is InChI=1S/C10H10BrNO2/c11-6-3-5-1-2-8(12)9(5)7(4-6)10(13)14/h3-4,8H,1-2,12H2,(H,13,14)/t8-/m0/s1. The Labute approximate surface area is 90.0 Å². The van der Waals surface area contributed by atoms with E-state index in [0.717, 1.165) is 28.4 Å². The van der Waals surface area contributed by atoms with Gasteiger partial charge in [-0.25, -0.2) is 4.79 Å². The molecule has 0 aromatic heterocycles. The largest absolute Gasteiger partial charge is 0.478 e. The number of halogens is 1. The summed E-state index contributed by atoms with van der Waals surface area (Å²) >= 11 is 3.30. The number of carboxylic acid groups (broad SMARTS) is 1. The van der Waals surface area contributed by atoms with Crippen molar-refractivity contribution in [2.24, 2.45) is 5.73 Å². The fraction of sp³-hybridized carbons (Fsp3) is 0.300. The molecule has 1 aromatic carbocycles. The molecule has 1 aliphatic carbocycles. The molecule has 0 aliphatic heterocycles. The van der Waals surface area contributed by atoms with Crippen molar-refractivity contribution in [3.05, 3.63) is 33.3 Å². The maximum Gasteiger partial charge on any atom is 0.336 e. The molecule has 0 fully saturated rings. The molecule has 0 spiro atoms. The van der Waals surface area contributed by atoms with E-state index in [4.69, 9.17) is 10.8 Å². The van der Waals surface area contributed by atoms with Gasteiger partial charge in [0, 0.05) is 10.5 Å². The van der Waals surface area contributed by atoms with Gasteiger partial charge >= 0.3 is 5.97 Å². The number of hydrogen-bond acceptors (Lipinski definition) is 2. The van der Waals surface area contributed by atoms with Crippen LogP contribution in [0.25, 0.3) is 0 Å². The lowest BCUT2D eigenvalue weighted by Gasteiger charge is -2.09. The first-order chi connectivity index (χ1) is 6.59. The maximum absolute atomic E-state index is 11.0. The highest BCUT2D eigenvalue weighted by Crippen LogP contribution is 2.34. The SMILES string of the molecule is N[C@H]1CCc2cc(Br)cc(C(=O)O)c21. The van der Waals surface area contributed by atoms with Crippen LogP contribution in [-0.4, -0.2) is 11.1 Å². The number of benzene rings is 1. The van der Waals surface area contributed by atoms with Gasteiger partial charge in [-0.3, -0.25) is 0 Å². The van der Waals surface area contributed by atoms with Gasteiger partial charge in [-0.1, -0.05) is 15.9 Å². The summed E-state index contributed by atoms with van der Waals surface area (Å²) < 4.78 is 0.808. The van der Waals surface area contributed by atoms with Crippen LogP contribution in [0.15, 0.2) is 16.6 Å². The maximum atomic E-state index is 11.0. The zero-order valence-corrected chi connectivity index (χ0v) is 9.04. The summed E-state index contributed by atoms with van der Waals surface area (Å²) in [6.07, 6.45) is 1.71. The Balaban J connectivity index is 2.65. The van der Waals surface area contributed by atoms with Crippen LogP contribution in [0.4, 0.5) is 0 Å².